The first-order chi connectivity index (χ1) is 27.6. The summed E-state index contributed by atoms with van der Waals surface area (Å²) in [5.74, 6) is -0.515. The zero-order valence-corrected chi connectivity index (χ0v) is 37.3. The van der Waals surface area contributed by atoms with Crippen LogP contribution in [-0.4, -0.2) is 46.1 Å². The maximum atomic E-state index is 12.4. The van der Waals surface area contributed by atoms with Crippen LogP contribution >= 0.6 is 0 Å². The summed E-state index contributed by atoms with van der Waals surface area (Å²) < 4.78 is 0. The Morgan fingerprint density at radius 2 is 0.786 bits per heavy atom. The molecular weight excluding hydrogens is 691 g/mol. The first-order valence-electron chi connectivity index (χ1n) is 24.5. The topological polar surface area (TPSA) is 89.8 Å². The van der Waals surface area contributed by atoms with E-state index in [1.807, 2.05) is 6.08 Å². The van der Waals surface area contributed by atoms with Crippen molar-refractivity contribution in [1.29, 1.82) is 0 Å². The minimum atomic E-state index is -1.10. The average Bonchev–Trinajstić information content (AvgIpc) is 3.20. The van der Waals surface area contributed by atoms with Crippen LogP contribution in [0.3, 0.4) is 0 Å². The molecule has 0 saturated heterocycles. The van der Waals surface area contributed by atoms with Crippen molar-refractivity contribution in [2.75, 3.05) is 6.61 Å². The molecule has 4 N–H and O–H groups in total. The van der Waals surface area contributed by atoms with Crippen molar-refractivity contribution in [3.8, 4) is 0 Å². The predicted molar refractivity (Wildman–Crippen MR) is 245 cm³/mol. The van der Waals surface area contributed by atoms with Crippen LogP contribution in [0.4, 0.5) is 0 Å². The van der Waals surface area contributed by atoms with Crippen molar-refractivity contribution in [1.82, 2.24) is 5.32 Å². The van der Waals surface area contributed by atoms with Gasteiger partial charge in [-0.05, 0) is 64.2 Å². The molecule has 3 atom stereocenters. The van der Waals surface area contributed by atoms with E-state index in [-0.39, 0.29) is 6.61 Å². The second kappa shape index (κ2) is 46.0. The summed E-state index contributed by atoms with van der Waals surface area (Å²) in [4.78, 5) is 12.4. The van der Waals surface area contributed by atoms with Crippen LogP contribution in [0.1, 0.15) is 245 Å². The molecule has 1 amide bonds. The van der Waals surface area contributed by atoms with E-state index in [1.165, 1.54) is 180 Å². The zero-order chi connectivity index (χ0) is 40.8. The van der Waals surface area contributed by atoms with Gasteiger partial charge >= 0.3 is 0 Å². The van der Waals surface area contributed by atoms with Crippen LogP contribution in [0.5, 0.6) is 0 Å². The Hall–Kier alpha value is -1.69. The second-order valence-electron chi connectivity index (χ2n) is 16.7. The lowest BCUT2D eigenvalue weighted by molar-refractivity contribution is -0.131. The highest BCUT2D eigenvalue weighted by molar-refractivity contribution is 5.80. The third-order valence-corrected chi connectivity index (χ3v) is 11.1. The standard InChI is InChI=1S/C51H95NO4/c1-3-5-7-9-11-13-15-16-17-18-19-20-21-22-23-24-25-26-27-28-29-30-31-32-33-34-35-36-38-40-42-44-46-50(55)51(56)52-48(47-53)49(54)45-43-41-39-37-14-12-10-8-6-4-2/h14,19-20,22-23,37,43,45,48-50,53-55H,3-13,15-18,21,24-36,38-42,44,46-47H2,1-2H3,(H,52,56)/b20-19-,23-22-,37-14+,45-43+. The highest BCUT2D eigenvalue weighted by atomic mass is 16.3. The largest absolute Gasteiger partial charge is 0.394 e. The fourth-order valence-corrected chi connectivity index (χ4v) is 7.29. The van der Waals surface area contributed by atoms with Gasteiger partial charge in [-0.3, -0.25) is 4.79 Å². The van der Waals surface area contributed by atoms with Gasteiger partial charge in [-0.1, -0.05) is 229 Å². The van der Waals surface area contributed by atoms with Crippen molar-refractivity contribution in [3.63, 3.8) is 0 Å². The molecule has 0 rings (SSSR count). The maximum Gasteiger partial charge on any atom is 0.249 e. The number of aliphatic hydroxyl groups is 3. The monoisotopic (exact) mass is 786 g/mol. The van der Waals surface area contributed by atoms with Gasteiger partial charge in [0.25, 0.3) is 0 Å². The number of nitrogens with one attached hydrogen (secondary N) is 1. The Labute approximate surface area is 348 Å². The molecule has 0 aliphatic carbocycles. The molecule has 0 aromatic rings. The average molecular weight is 786 g/mol. The molecule has 5 heteroatoms. The molecule has 0 saturated carbocycles. The van der Waals surface area contributed by atoms with Crippen LogP contribution in [0.2, 0.25) is 0 Å². The molecule has 56 heavy (non-hydrogen) atoms. The van der Waals surface area contributed by atoms with E-state index >= 15 is 0 Å². The molecule has 0 spiro atoms. The number of hydrogen-bond acceptors (Lipinski definition) is 4. The van der Waals surface area contributed by atoms with Gasteiger partial charge in [-0.25, -0.2) is 0 Å². The van der Waals surface area contributed by atoms with Crippen LogP contribution in [-0.2, 0) is 4.79 Å². The molecule has 0 radical (unpaired) electrons. The maximum absolute atomic E-state index is 12.4. The van der Waals surface area contributed by atoms with Crippen molar-refractivity contribution in [3.05, 3.63) is 48.6 Å². The van der Waals surface area contributed by atoms with E-state index in [0.717, 1.165) is 44.9 Å². The van der Waals surface area contributed by atoms with Crippen molar-refractivity contribution in [2.24, 2.45) is 0 Å². The Bertz CT molecular complexity index is 912. The summed E-state index contributed by atoms with van der Waals surface area (Å²) in [5, 5.41) is 33.0. The van der Waals surface area contributed by atoms with Gasteiger partial charge in [0.05, 0.1) is 18.8 Å². The van der Waals surface area contributed by atoms with E-state index in [1.54, 1.807) is 6.08 Å². The van der Waals surface area contributed by atoms with Crippen LogP contribution in [0.15, 0.2) is 48.6 Å². The van der Waals surface area contributed by atoms with Crippen LogP contribution in [0.25, 0.3) is 0 Å². The Kier molecular flexibility index (Phi) is 44.6. The van der Waals surface area contributed by atoms with Crippen LogP contribution < -0.4 is 5.32 Å². The van der Waals surface area contributed by atoms with Crippen molar-refractivity contribution < 1.29 is 20.1 Å². The van der Waals surface area contributed by atoms with E-state index < -0.39 is 24.2 Å². The quantitative estimate of drug-likeness (QED) is 0.0366. The SMILES string of the molecule is CCCCCC/C=C/CC/C=C/C(O)C(CO)NC(=O)C(O)CCCCCCCCCCCCCCCCCC/C=C\C/C=C\CCCCCCCCCCC. The van der Waals surface area contributed by atoms with Gasteiger partial charge in [0.2, 0.25) is 5.91 Å². The number of carbonyl (C=O) groups excluding carboxylic acids is 1. The van der Waals surface area contributed by atoms with Crippen LogP contribution in [0, 0.1) is 0 Å². The highest BCUT2D eigenvalue weighted by Gasteiger charge is 2.22. The summed E-state index contributed by atoms with van der Waals surface area (Å²) in [6, 6.07) is -0.813. The van der Waals surface area contributed by atoms with Gasteiger partial charge in [0, 0.05) is 0 Å². The number of carbonyl (C=O) groups is 1. The summed E-state index contributed by atoms with van der Waals surface area (Å²) in [5.41, 5.74) is 0. The highest BCUT2D eigenvalue weighted by Crippen LogP contribution is 2.16. The van der Waals surface area contributed by atoms with Gasteiger partial charge in [0.15, 0.2) is 0 Å². The fraction of sp³-hybridized carbons (Fsp3) is 0.824. The molecule has 0 aromatic heterocycles. The van der Waals surface area contributed by atoms with E-state index in [4.69, 9.17) is 0 Å². The van der Waals surface area contributed by atoms with E-state index in [9.17, 15) is 20.1 Å². The zero-order valence-electron chi connectivity index (χ0n) is 37.3. The molecule has 0 fully saturated rings. The van der Waals surface area contributed by atoms with Gasteiger partial charge in [-0.2, -0.15) is 0 Å². The molecule has 0 aliphatic rings. The molecular formula is C51H95NO4. The predicted octanol–water partition coefficient (Wildman–Crippen LogP) is 14.5. The minimum Gasteiger partial charge on any atom is -0.394 e. The van der Waals surface area contributed by atoms with E-state index in [2.05, 4.69) is 55.6 Å². The third-order valence-electron chi connectivity index (χ3n) is 11.1. The number of unbranched alkanes of at least 4 members (excludes halogenated alkanes) is 30. The molecule has 0 heterocycles. The summed E-state index contributed by atoms with van der Waals surface area (Å²) in [6.45, 7) is 4.13. The molecule has 328 valence electrons. The molecule has 0 aliphatic heterocycles. The summed E-state index contributed by atoms with van der Waals surface area (Å²) in [6.07, 6.45) is 60.4. The molecule has 0 bridgehead atoms. The lowest BCUT2D eigenvalue weighted by atomic mass is 10.0. The third kappa shape index (κ3) is 40.5. The van der Waals surface area contributed by atoms with Gasteiger partial charge in [-0.15, -0.1) is 0 Å². The number of hydrogen-bond donors (Lipinski definition) is 4. The smallest absolute Gasteiger partial charge is 0.249 e. The first-order valence-corrected chi connectivity index (χ1v) is 24.5. The Morgan fingerprint density at radius 3 is 1.21 bits per heavy atom. The number of rotatable bonds is 44. The first kappa shape index (κ1) is 54.3. The molecule has 3 unspecified atom stereocenters. The molecule has 5 nitrogen and oxygen atoms in total. The van der Waals surface area contributed by atoms with Crippen molar-refractivity contribution in [2.45, 2.75) is 263 Å². The second-order valence-corrected chi connectivity index (χ2v) is 16.7. The normalized spacial score (nSPS) is 13.9. The Morgan fingerprint density at radius 1 is 0.446 bits per heavy atom. The number of allylic oxidation sites excluding steroid dienone is 7. The van der Waals surface area contributed by atoms with Gasteiger partial charge in [0.1, 0.15) is 6.10 Å². The fourth-order valence-electron chi connectivity index (χ4n) is 7.29. The Balaban J connectivity index is 3.53. The summed E-state index contributed by atoms with van der Waals surface area (Å²) in [7, 11) is 0. The molecule has 0 aromatic carbocycles. The van der Waals surface area contributed by atoms with E-state index in [0.29, 0.717) is 6.42 Å². The lowest BCUT2D eigenvalue weighted by Gasteiger charge is -2.21. The van der Waals surface area contributed by atoms with Crippen molar-refractivity contribution >= 4 is 5.91 Å². The number of amides is 1. The lowest BCUT2D eigenvalue weighted by Crippen LogP contribution is -2.48. The minimum absolute atomic E-state index is 0.377. The van der Waals surface area contributed by atoms with Gasteiger partial charge < -0.3 is 20.6 Å². The number of aliphatic hydroxyl groups excluding tert-OH is 3. The summed E-state index contributed by atoms with van der Waals surface area (Å²) >= 11 is 0.